The number of carboxylic acids is 1. The zero-order chi connectivity index (χ0) is 15.1. The van der Waals surface area contributed by atoms with Crippen LogP contribution < -0.4 is 5.32 Å². The van der Waals surface area contributed by atoms with Crippen molar-refractivity contribution in [3.05, 3.63) is 0 Å². The molecule has 0 unspecified atom stereocenters. The fraction of sp³-hybridized carbons (Fsp3) is 0.769. The lowest BCUT2D eigenvalue weighted by molar-refractivity contribution is -0.138. The van der Waals surface area contributed by atoms with Crippen LogP contribution in [0.3, 0.4) is 0 Å². The van der Waals surface area contributed by atoms with Gasteiger partial charge in [-0.2, -0.15) is 0 Å². The lowest BCUT2D eigenvalue weighted by atomic mass is 10.3. The largest absolute Gasteiger partial charge is 0.480 e. The van der Waals surface area contributed by atoms with E-state index in [0.717, 1.165) is 25.9 Å². The summed E-state index contributed by atoms with van der Waals surface area (Å²) in [4.78, 5) is 37.3. The first-order valence-corrected chi connectivity index (χ1v) is 6.96. The van der Waals surface area contributed by atoms with Crippen LogP contribution in [0, 0.1) is 0 Å². The van der Waals surface area contributed by atoms with Crippen LogP contribution >= 0.6 is 0 Å². The third-order valence-electron chi connectivity index (χ3n) is 3.26. The number of nitrogens with one attached hydrogen (secondary N) is 1. The summed E-state index contributed by atoms with van der Waals surface area (Å²) < 4.78 is 0. The molecule has 1 aliphatic heterocycles. The van der Waals surface area contributed by atoms with E-state index in [2.05, 4.69) is 5.32 Å². The van der Waals surface area contributed by atoms with E-state index in [4.69, 9.17) is 5.11 Å². The number of urea groups is 1. The number of hydrogen-bond acceptors (Lipinski definition) is 3. The van der Waals surface area contributed by atoms with Crippen LogP contribution in [0.5, 0.6) is 0 Å². The minimum absolute atomic E-state index is 0.0390. The van der Waals surface area contributed by atoms with Gasteiger partial charge in [-0.25, -0.2) is 4.79 Å². The molecule has 0 aliphatic carbocycles. The maximum absolute atomic E-state index is 11.8. The summed E-state index contributed by atoms with van der Waals surface area (Å²) in [5.74, 6) is -1.01. The van der Waals surface area contributed by atoms with E-state index >= 15 is 0 Å². The maximum atomic E-state index is 11.8. The van der Waals surface area contributed by atoms with Crippen LogP contribution in [0.15, 0.2) is 0 Å². The smallest absolute Gasteiger partial charge is 0.323 e. The number of rotatable bonds is 6. The molecule has 0 aromatic heterocycles. The van der Waals surface area contributed by atoms with E-state index in [1.54, 1.807) is 18.7 Å². The van der Waals surface area contributed by atoms with Crippen LogP contribution in [0.2, 0.25) is 0 Å². The van der Waals surface area contributed by atoms with Gasteiger partial charge in [-0.3, -0.25) is 9.59 Å². The van der Waals surface area contributed by atoms with E-state index < -0.39 is 12.0 Å². The molecule has 0 bridgehead atoms. The summed E-state index contributed by atoms with van der Waals surface area (Å²) >= 11 is 0. The fourth-order valence-electron chi connectivity index (χ4n) is 2.14. The highest BCUT2D eigenvalue weighted by Gasteiger charge is 2.21. The fourth-order valence-corrected chi connectivity index (χ4v) is 2.14. The highest BCUT2D eigenvalue weighted by molar-refractivity contribution is 5.81. The summed E-state index contributed by atoms with van der Waals surface area (Å²) in [7, 11) is 0. The van der Waals surface area contributed by atoms with Crippen molar-refractivity contribution in [2.24, 2.45) is 0 Å². The average Bonchev–Trinajstić information content (AvgIpc) is 2.88. The van der Waals surface area contributed by atoms with Crippen molar-refractivity contribution in [3.63, 3.8) is 0 Å². The van der Waals surface area contributed by atoms with Crippen molar-refractivity contribution < 1.29 is 19.5 Å². The average molecular weight is 285 g/mol. The first-order valence-electron chi connectivity index (χ1n) is 6.96. The van der Waals surface area contributed by atoms with Crippen LogP contribution in [-0.4, -0.2) is 65.0 Å². The molecule has 1 rings (SSSR count). The van der Waals surface area contributed by atoms with Gasteiger partial charge in [0.2, 0.25) is 5.91 Å². The first-order chi connectivity index (χ1) is 9.41. The topological polar surface area (TPSA) is 90.0 Å². The molecule has 7 heteroatoms. The van der Waals surface area contributed by atoms with Crippen molar-refractivity contribution in [3.8, 4) is 0 Å². The second kappa shape index (κ2) is 7.72. The summed E-state index contributed by atoms with van der Waals surface area (Å²) in [6.07, 6.45) is 2.33. The molecule has 0 spiro atoms. The lowest BCUT2D eigenvalue weighted by Gasteiger charge is -2.25. The SMILES string of the molecule is CC(C)N(CC(=O)O)C(=O)NCCC(=O)N1CCCC1. The summed E-state index contributed by atoms with van der Waals surface area (Å²) in [5.41, 5.74) is 0. The maximum Gasteiger partial charge on any atom is 0.323 e. The van der Waals surface area contributed by atoms with Crippen LogP contribution in [-0.2, 0) is 9.59 Å². The van der Waals surface area contributed by atoms with Crippen molar-refractivity contribution in [1.82, 2.24) is 15.1 Å². The number of nitrogens with zero attached hydrogens (tertiary/aromatic N) is 2. The molecule has 1 aliphatic rings. The van der Waals surface area contributed by atoms with E-state index in [0.29, 0.717) is 0 Å². The molecule has 3 amide bonds. The Balaban J connectivity index is 2.33. The molecule has 2 N–H and O–H groups in total. The molecule has 20 heavy (non-hydrogen) atoms. The second-order valence-electron chi connectivity index (χ2n) is 5.19. The van der Waals surface area contributed by atoms with E-state index in [-0.39, 0.29) is 31.5 Å². The Kier molecular flexibility index (Phi) is 6.27. The van der Waals surface area contributed by atoms with Crippen LogP contribution in [0.1, 0.15) is 33.1 Å². The van der Waals surface area contributed by atoms with Gasteiger partial charge in [0.05, 0.1) is 0 Å². The standard InChI is InChI=1S/C13H23N3O4/c1-10(2)16(9-12(18)19)13(20)14-6-5-11(17)15-7-3-4-8-15/h10H,3-9H2,1-2H3,(H,14,20)(H,18,19). The molecule has 1 saturated heterocycles. The number of amides is 3. The van der Waals surface area contributed by atoms with Crippen molar-refractivity contribution >= 4 is 17.9 Å². The summed E-state index contributed by atoms with van der Waals surface area (Å²) in [5, 5.41) is 11.4. The summed E-state index contributed by atoms with van der Waals surface area (Å²) in [6.45, 7) is 4.98. The number of carboxylic acid groups (broad SMARTS) is 1. The Morgan fingerprint density at radius 3 is 2.35 bits per heavy atom. The predicted molar refractivity (Wildman–Crippen MR) is 73.3 cm³/mol. The quantitative estimate of drug-likeness (QED) is 0.743. The van der Waals surface area contributed by atoms with Crippen molar-refractivity contribution in [2.75, 3.05) is 26.2 Å². The Labute approximate surface area is 118 Å². The lowest BCUT2D eigenvalue weighted by Crippen LogP contribution is -2.47. The molecule has 0 atom stereocenters. The number of aliphatic carboxylic acids is 1. The van der Waals surface area contributed by atoms with E-state index in [1.807, 2.05) is 0 Å². The number of likely N-dealkylation sites (tertiary alicyclic amines) is 1. The third kappa shape index (κ3) is 5.07. The first kappa shape index (κ1) is 16.3. The Morgan fingerprint density at radius 2 is 1.85 bits per heavy atom. The van der Waals surface area contributed by atoms with Gasteiger partial charge in [0.25, 0.3) is 0 Å². The third-order valence-corrected chi connectivity index (χ3v) is 3.26. The molecule has 7 nitrogen and oxygen atoms in total. The van der Waals surface area contributed by atoms with Crippen LogP contribution in [0.25, 0.3) is 0 Å². The minimum atomic E-state index is -1.05. The molecule has 1 fully saturated rings. The number of carbonyl (C=O) groups is 3. The molecule has 0 aromatic rings. The molecule has 114 valence electrons. The Bertz CT molecular complexity index is 365. The van der Waals surface area contributed by atoms with Crippen molar-refractivity contribution in [2.45, 2.75) is 39.2 Å². The minimum Gasteiger partial charge on any atom is -0.480 e. The van der Waals surface area contributed by atoms with Crippen LogP contribution in [0.4, 0.5) is 4.79 Å². The normalized spacial score (nSPS) is 14.4. The van der Waals surface area contributed by atoms with E-state index in [1.165, 1.54) is 4.90 Å². The van der Waals surface area contributed by atoms with E-state index in [9.17, 15) is 14.4 Å². The zero-order valence-electron chi connectivity index (χ0n) is 12.1. The van der Waals surface area contributed by atoms with Gasteiger partial charge in [-0.1, -0.05) is 0 Å². The second-order valence-corrected chi connectivity index (χ2v) is 5.19. The Morgan fingerprint density at radius 1 is 1.25 bits per heavy atom. The molecule has 0 saturated carbocycles. The molecule has 0 aromatic carbocycles. The van der Waals surface area contributed by atoms with Gasteiger partial charge in [0, 0.05) is 32.1 Å². The molecule has 0 radical (unpaired) electrons. The van der Waals surface area contributed by atoms with Gasteiger partial charge in [0.1, 0.15) is 6.54 Å². The van der Waals surface area contributed by atoms with Crippen molar-refractivity contribution in [1.29, 1.82) is 0 Å². The van der Waals surface area contributed by atoms with Gasteiger partial charge in [0.15, 0.2) is 0 Å². The predicted octanol–water partition coefficient (Wildman–Crippen LogP) is 0.504. The Hall–Kier alpha value is -1.79. The monoisotopic (exact) mass is 285 g/mol. The summed E-state index contributed by atoms with van der Waals surface area (Å²) in [6, 6.07) is -0.656. The van der Waals surface area contributed by atoms with Gasteiger partial charge in [-0.05, 0) is 26.7 Å². The van der Waals surface area contributed by atoms with Gasteiger partial charge < -0.3 is 20.2 Å². The highest BCUT2D eigenvalue weighted by Crippen LogP contribution is 2.08. The number of hydrogen-bond donors (Lipinski definition) is 2. The number of carbonyl (C=O) groups excluding carboxylic acids is 2. The molecular weight excluding hydrogens is 262 g/mol. The highest BCUT2D eigenvalue weighted by atomic mass is 16.4. The van der Waals surface area contributed by atoms with Gasteiger partial charge in [-0.15, -0.1) is 0 Å². The molecule has 1 heterocycles. The van der Waals surface area contributed by atoms with Gasteiger partial charge >= 0.3 is 12.0 Å². The zero-order valence-corrected chi connectivity index (χ0v) is 12.1. The molecular formula is C13H23N3O4.